The molecule has 1 aliphatic heterocycles. The highest BCUT2D eigenvalue weighted by Gasteiger charge is 2.27. The Bertz CT molecular complexity index is 1210. The Morgan fingerprint density at radius 2 is 2.14 bits per heavy atom. The summed E-state index contributed by atoms with van der Waals surface area (Å²) in [5.41, 5.74) is 8.61. The zero-order valence-electron chi connectivity index (χ0n) is 16.7. The van der Waals surface area contributed by atoms with Crippen LogP contribution in [0.5, 0.6) is 5.75 Å². The minimum atomic E-state index is 0.295. The lowest BCUT2D eigenvalue weighted by molar-refractivity contribution is 0.167. The predicted molar refractivity (Wildman–Crippen MR) is 108 cm³/mol. The van der Waals surface area contributed by atoms with Crippen LogP contribution in [0.2, 0.25) is 0 Å². The molecule has 0 spiro atoms. The zero-order chi connectivity index (χ0) is 20.1. The van der Waals surface area contributed by atoms with Crippen LogP contribution in [-0.2, 0) is 19.4 Å². The van der Waals surface area contributed by atoms with Gasteiger partial charge in [0.1, 0.15) is 17.0 Å². The number of rotatable bonds is 4. The van der Waals surface area contributed by atoms with Gasteiger partial charge in [-0.15, -0.1) is 5.10 Å². The van der Waals surface area contributed by atoms with Crippen LogP contribution < -0.4 is 10.5 Å². The van der Waals surface area contributed by atoms with Crippen molar-refractivity contribution in [1.82, 2.24) is 29.5 Å². The minimum Gasteiger partial charge on any atom is -0.494 e. The van der Waals surface area contributed by atoms with E-state index >= 15 is 0 Å². The molecular formula is C20H23N7O2. The Labute approximate surface area is 167 Å². The summed E-state index contributed by atoms with van der Waals surface area (Å²) < 4.78 is 12.8. The number of para-hydroxylation sites is 1. The minimum absolute atomic E-state index is 0.295. The summed E-state index contributed by atoms with van der Waals surface area (Å²) in [6.07, 6.45) is 1.60. The molecule has 29 heavy (non-hydrogen) atoms. The van der Waals surface area contributed by atoms with Crippen LogP contribution in [0.25, 0.3) is 16.6 Å². The number of nitrogens with zero attached hydrogens (tertiary/aromatic N) is 6. The second-order valence-corrected chi connectivity index (χ2v) is 7.47. The van der Waals surface area contributed by atoms with Gasteiger partial charge in [0.2, 0.25) is 5.95 Å². The molecule has 0 amide bonds. The lowest BCUT2D eigenvalue weighted by Gasteiger charge is -2.31. The van der Waals surface area contributed by atoms with Gasteiger partial charge in [-0.3, -0.25) is 4.90 Å². The van der Waals surface area contributed by atoms with Crippen LogP contribution in [0.4, 0.5) is 5.95 Å². The molecular weight excluding hydrogens is 370 g/mol. The van der Waals surface area contributed by atoms with Gasteiger partial charge in [-0.05, 0) is 19.1 Å². The molecule has 0 saturated carbocycles. The topological polar surface area (TPSA) is 108 Å². The highest BCUT2D eigenvalue weighted by atomic mass is 16.5. The van der Waals surface area contributed by atoms with E-state index in [1.807, 2.05) is 25.1 Å². The SMILES string of the molecule is COc1cccc2c1nc(N)n1nc(CCN3Cc4oc(C)nc4CC3C)nc21. The van der Waals surface area contributed by atoms with Gasteiger partial charge in [-0.2, -0.15) is 4.52 Å². The normalized spacial score (nSPS) is 17.1. The fraction of sp³-hybridized carbons (Fsp3) is 0.400. The van der Waals surface area contributed by atoms with Gasteiger partial charge in [0.15, 0.2) is 17.4 Å². The smallest absolute Gasteiger partial charge is 0.223 e. The van der Waals surface area contributed by atoms with E-state index in [1.54, 1.807) is 11.6 Å². The molecule has 2 N–H and O–H groups in total. The molecule has 1 aliphatic rings. The first-order chi connectivity index (χ1) is 14.0. The van der Waals surface area contributed by atoms with Crippen LogP contribution in [0.3, 0.4) is 0 Å². The Morgan fingerprint density at radius 1 is 1.28 bits per heavy atom. The van der Waals surface area contributed by atoms with Crippen LogP contribution in [0.1, 0.15) is 30.1 Å². The van der Waals surface area contributed by atoms with Gasteiger partial charge >= 0.3 is 0 Å². The number of ether oxygens (including phenoxy) is 1. The summed E-state index contributed by atoms with van der Waals surface area (Å²) in [6.45, 7) is 5.69. The largest absolute Gasteiger partial charge is 0.494 e. The van der Waals surface area contributed by atoms with E-state index < -0.39 is 0 Å². The number of aromatic nitrogens is 5. The molecule has 0 saturated heterocycles. The highest BCUT2D eigenvalue weighted by molar-refractivity contribution is 5.95. The zero-order valence-corrected chi connectivity index (χ0v) is 16.7. The van der Waals surface area contributed by atoms with Gasteiger partial charge < -0.3 is 14.9 Å². The van der Waals surface area contributed by atoms with Gasteiger partial charge in [0, 0.05) is 37.7 Å². The maximum Gasteiger partial charge on any atom is 0.223 e. The standard InChI is InChI=1S/C20H23N7O2/c1-11-9-14-16(29-12(2)22-14)10-26(11)8-7-17-23-19-13-5-4-6-15(28-3)18(13)24-20(21)27(19)25-17/h4-6,11H,7-10H2,1-3H3,(H2,21,24). The van der Waals surface area contributed by atoms with E-state index in [4.69, 9.17) is 19.9 Å². The van der Waals surface area contributed by atoms with Crippen LogP contribution in [-0.4, -0.2) is 49.2 Å². The number of oxazole rings is 1. The van der Waals surface area contributed by atoms with Crippen molar-refractivity contribution in [1.29, 1.82) is 0 Å². The molecule has 1 aromatic carbocycles. The molecule has 4 heterocycles. The van der Waals surface area contributed by atoms with Gasteiger partial charge in [-0.25, -0.2) is 15.0 Å². The molecule has 9 heteroatoms. The fourth-order valence-electron chi connectivity index (χ4n) is 4.03. The van der Waals surface area contributed by atoms with Crippen molar-refractivity contribution in [2.45, 2.75) is 39.3 Å². The van der Waals surface area contributed by atoms with Crippen molar-refractivity contribution in [3.05, 3.63) is 41.4 Å². The molecule has 0 bridgehead atoms. The van der Waals surface area contributed by atoms with Crippen molar-refractivity contribution in [3.8, 4) is 5.75 Å². The molecule has 4 aromatic rings. The van der Waals surface area contributed by atoms with Gasteiger partial charge in [0.05, 0.1) is 19.3 Å². The molecule has 1 unspecified atom stereocenters. The van der Waals surface area contributed by atoms with Crippen molar-refractivity contribution < 1.29 is 9.15 Å². The molecule has 0 aliphatic carbocycles. The monoisotopic (exact) mass is 393 g/mol. The average molecular weight is 393 g/mol. The fourth-order valence-corrected chi connectivity index (χ4v) is 4.03. The van der Waals surface area contributed by atoms with Gasteiger partial charge in [0.25, 0.3) is 0 Å². The first kappa shape index (κ1) is 17.9. The third-order valence-electron chi connectivity index (χ3n) is 5.52. The lowest BCUT2D eigenvalue weighted by Crippen LogP contribution is -2.39. The maximum absolute atomic E-state index is 6.14. The van der Waals surface area contributed by atoms with Crippen LogP contribution in [0.15, 0.2) is 22.6 Å². The number of fused-ring (bicyclic) bond motifs is 4. The van der Waals surface area contributed by atoms with Gasteiger partial charge in [-0.1, -0.05) is 6.07 Å². The quantitative estimate of drug-likeness (QED) is 0.562. The number of benzene rings is 1. The molecule has 5 rings (SSSR count). The van der Waals surface area contributed by atoms with E-state index in [9.17, 15) is 0 Å². The number of methoxy groups -OCH3 is 1. The maximum atomic E-state index is 6.14. The Morgan fingerprint density at radius 3 is 2.97 bits per heavy atom. The first-order valence-corrected chi connectivity index (χ1v) is 9.70. The number of anilines is 1. The highest BCUT2D eigenvalue weighted by Crippen LogP contribution is 2.28. The molecule has 3 aromatic heterocycles. The summed E-state index contributed by atoms with van der Waals surface area (Å²) in [4.78, 5) is 16.1. The summed E-state index contributed by atoms with van der Waals surface area (Å²) in [7, 11) is 1.62. The Kier molecular flexibility index (Phi) is 4.13. The lowest BCUT2D eigenvalue weighted by atomic mass is 10.0. The van der Waals surface area contributed by atoms with E-state index in [0.717, 1.165) is 48.1 Å². The summed E-state index contributed by atoms with van der Waals surface area (Å²) in [5.74, 6) is 3.40. The van der Waals surface area contributed by atoms with Crippen LogP contribution >= 0.6 is 0 Å². The summed E-state index contributed by atoms with van der Waals surface area (Å²) >= 11 is 0. The molecule has 0 fully saturated rings. The number of hydrogen-bond donors (Lipinski definition) is 1. The second-order valence-electron chi connectivity index (χ2n) is 7.47. The molecule has 150 valence electrons. The second kappa shape index (κ2) is 6.70. The number of nitrogen functional groups attached to an aromatic ring is 1. The molecule has 0 radical (unpaired) electrons. The third-order valence-corrected chi connectivity index (χ3v) is 5.52. The molecule has 9 nitrogen and oxygen atoms in total. The van der Waals surface area contributed by atoms with Crippen molar-refractivity contribution in [2.75, 3.05) is 19.4 Å². The average Bonchev–Trinajstić information content (AvgIpc) is 3.29. The summed E-state index contributed by atoms with van der Waals surface area (Å²) in [6, 6.07) is 6.12. The third kappa shape index (κ3) is 2.98. The Balaban J connectivity index is 1.43. The van der Waals surface area contributed by atoms with Crippen molar-refractivity contribution in [2.24, 2.45) is 0 Å². The predicted octanol–water partition coefficient (Wildman–Crippen LogP) is 2.15. The van der Waals surface area contributed by atoms with E-state index in [2.05, 4.69) is 26.9 Å². The summed E-state index contributed by atoms with van der Waals surface area (Å²) in [5, 5.41) is 5.46. The number of aryl methyl sites for hydroxylation is 1. The number of nitrogens with two attached hydrogens (primary N) is 1. The number of hydrogen-bond acceptors (Lipinski definition) is 8. The van der Waals surface area contributed by atoms with Crippen molar-refractivity contribution >= 4 is 22.5 Å². The Hall–Kier alpha value is -3.20. The van der Waals surface area contributed by atoms with Crippen molar-refractivity contribution in [3.63, 3.8) is 0 Å². The van der Waals surface area contributed by atoms with Crippen LogP contribution in [0, 0.1) is 6.92 Å². The van der Waals surface area contributed by atoms with E-state index in [1.165, 1.54) is 0 Å². The van der Waals surface area contributed by atoms with E-state index in [-0.39, 0.29) is 0 Å². The molecule has 1 atom stereocenters. The first-order valence-electron chi connectivity index (χ1n) is 9.70. The van der Waals surface area contributed by atoms with E-state index in [0.29, 0.717) is 35.3 Å².